The molecule has 0 bridgehead atoms. The zero-order valence-electron chi connectivity index (χ0n) is 18.5. The van der Waals surface area contributed by atoms with E-state index < -0.39 is 6.10 Å². The number of rotatable bonds is 7. The number of aliphatic hydroxyl groups is 1. The van der Waals surface area contributed by atoms with E-state index in [4.69, 9.17) is 13.9 Å². The van der Waals surface area contributed by atoms with Crippen LogP contribution in [0, 0.1) is 5.92 Å². The van der Waals surface area contributed by atoms with E-state index in [-0.39, 0.29) is 6.61 Å². The number of methoxy groups -OCH3 is 1. The smallest absolute Gasteiger partial charge is 0.137 e. The highest BCUT2D eigenvalue weighted by molar-refractivity contribution is 7.19. The average Bonchev–Trinajstić information content (AvgIpc) is 3.44. The third kappa shape index (κ3) is 4.35. The number of nitrogens with zero attached hydrogens (tertiary/aromatic N) is 1. The Hall–Kier alpha value is -2.54. The summed E-state index contributed by atoms with van der Waals surface area (Å²) in [5.74, 6) is 2.76. The van der Waals surface area contributed by atoms with E-state index in [1.807, 2.05) is 41.7 Å². The lowest BCUT2D eigenvalue weighted by Gasteiger charge is -2.37. The molecule has 2 aromatic heterocycles. The van der Waals surface area contributed by atoms with Crippen molar-refractivity contribution in [3.05, 3.63) is 59.7 Å². The van der Waals surface area contributed by atoms with Gasteiger partial charge >= 0.3 is 0 Å². The lowest BCUT2D eigenvalue weighted by molar-refractivity contribution is 0.0502. The van der Waals surface area contributed by atoms with Crippen LogP contribution in [0.3, 0.4) is 0 Å². The Morgan fingerprint density at radius 1 is 1.22 bits per heavy atom. The topological polar surface area (TPSA) is 55.1 Å². The summed E-state index contributed by atoms with van der Waals surface area (Å²) in [4.78, 5) is 3.82. The molecule has 0 aliphatic carbocycles. The minimum atomic E-state index is -0.530. The minimum Gasteiger partial charge on any atom is -0.497 e. The molecule has 168 valence electrons. The van der Waals surface area contributed by atoms with Crippen molar-refractivity contribution in [2.45, 2.75) is 25.4 Å². The van der Waals surface area contributed by atoms with Crippen molar-refractivity contribution >= 4 is 32.4 Å². The van der Waals surface area contributed by atoms with Crippen molar-refractivity contribution in [3.8, 4) is 11.5 Å². The molecule has 1 fully saturated rings. The SMILES string of the molecule is COc1ccc2cc([C@@H]3CCN(C[C@H](O)COc4cccc5occc45)C[C@@H]3C)sc2c1. The molecule has 0 amide bonds. The molecule has 2 aromatic carbocycles. The van der Waals surface area contributed by atoms with Gasteiger partial charge in [0.1, 0.15) is 29.8 Å². The van der Waals surface area contributed by atoms with E-state index >= 15 is 0 Å². The minimum absolute atomic E-state index is 0.275. The second kappa shape index (κ2) is 9.14. The highest BCUT2D eigenvalue weighted by atomic mass is 32.1. The van der Waals surface area contributed by atoms with Crippen molar-refractivity contribution in [3.63, 3.8) is 0 Å². The van der Waals surface area contributed by atoms with E-state index in [2.05, 4.69) is 30.0 Å². The van der Waals surface area contributed by atoms with Gasteiger partial charge in [-0.1, -0.05) is 13.0 Å². The van der Waals surface area contributed by atoms with Gasteiger partial charge in [0.2, 0.25) is 0 Å². The van der Waals surface area contributed by atoms with Gasteiger partial charge in [-0.25, -0.2) is 0 Å². The summed E-state index contributed by atoms with van der Waals surface area (Å²) in [6.45, 7) is 5.20. The summed E-state index contributed by atoms with van der Waals surface area (Å²) in [7, 11) is 1.71. The van der Waals surface area contributed by atoms with Crippen LogP contribution in [-0.4, -0.2) is 49.5 Å². The van der Waals surface area contributed by atoms with Gasteiger partial charge < -0.3 is 23.9 Å². The van der Waals surface area contributed by atoms with Crippen LogP contribution in [0.25, 0.3) is 21.1 Å². The number of benzene rings is 2. The molecule has 3 atom stereocenters. The number of furan rings is 1. The van der Waals surface area contributed by atoms with Crippen LogP contribution in [0.5, 0.6) is 11.5 Å². The molecule has 0 radical (unpaired) electrons. The monoisotopic (exact) mass is 451 g/mol. The standard InChI is InChI=1S/C26H29NO4S/c1-17-14-27(15-19(28)16-31-24-5-3-4-23-22(24)9-11-30-23)10-8-21(17)26-12-18-6-7-20(29-2)13-25(18)32-26/h3-7,9,11-13,17,19,21,28H,8,10,14-16H2,1-2H3/t17-,19-,21+/m0/s1. The molecule has 0 spiro atoms. The summed E-state index contributed by atoms with van der Waals surface area (Å²) >= 11 is 1.88. The maximum atomic E-state index is 10.6. The predicted octanol–water partition coefficient (Wildman–Crippen LogP) is 5.52. The summed E-state index contributed by atoms with van der Waals surface area (Å²) in [6.07, 6.45) is 2.23. The van der Waals surface area contributed by atoms with Gasteiger partial charge in [-0.3, -0.25) is 0 Å². The van der Waals surface area contributed by atoms with Gasteiger partial charge in [0, 0.05) is 22.7 Å². The Bertz CT molecular complexity index is 1200. The fourth-order valence-corrected chi connectivity index (χ4v) is 6.15. The van der Waals surface area contributed by atoms with E-state index in [1.165, 1.54) is 15.0 Å². The number of fused-ring (bicyclic) bond motifs is 2. The highest BCUT2D eigenvalue weighted by Gasteiger charge is 2.29. The Morgan fingerprint density at radius 3 is 2.97 bits per heavy atom. The lowest BCUT2D eigenvalue weighted by atomic mass is 9.85. The first-order valence-electron chi connectivity index (χ1n) is 11.2. The van der Waals surface area contributed by atoms with Crippen molar-refractivity contribution in [1.82, 2.24) is 4.90 Å². The number of likely N-dealkylation sites (tertiary alicyclic amines) is 1. The maximum Gasteiger partial charge on any atom is 0.137 e. The molecule has 1 aliphatic rings. The lowest BCUT2D eigenvalue weighted by Crippen LogP contribution is -2.43. The van der Waals surface area contributed by atoms with Crippen LogP contribution in [0.4, 0.5) is 0 Å². The van der Waals surface area contributed by atoms with Crippen LogP contribution in [0.1, 0.15) is 24.1 Å². The van der Waals surface area contributed by atoms with Crippen LogP contribution in [0.2, 0.25) is 0 Å². The Balaban J connectivity index is 1.17. The molecule has 0 unspecified atom stereocenters. The molecule has 1 saturated heterocycles. The van der Waals surface area contributed by atoms with Crippen LogP contribution < -0.4 is 9.47 Å². The van der Waals surface area contributed by atoms with E-state index in [0.29, 0.717) is 18.4 Å². The first-order valence-corrected chi connectivity index (χ1v) is 12.0. The van der Waals surface area contributed by atoms with Crippen LogP contribution in [-0.2, 0) is 0 Å². The van der Waals surface area contributed by atoms with Gasteiger partial charge in [0.15, 0.2) is 0 Å². The van der Waals surface area contributed by atoms with Crippen molar-refractivity contribution < 1.29 is 19.0 Å². The maximum absolute atomic E-state index is 10.6. The zero-order valence-corrected chi connectivity index (χ0v) is 19.3. The van der Waals surface area contributed by atoms with Crippen molar-refractivity contribution in [1.29, 1.82) is 0 Å². The number of thiophene rings is 1. The van der Waals surface area contributed by atoms with Gasteiger partial charge in [0.05, 0.1) is 18.8 Å². The number of piperidine rings is 1. The molecule has 5 rings (SSSR count). The highest BCUT2D eigenvalue weighted by Crippen LogP contribution is 2.40. The number of hydrogen-bond donors (Lipinski definition) is 1. The quantitative estimate of drug-likeness (QED) is 0.401. The first kappa shape index (κ1) is 21.3. The first-order chi connectivity index (χ1) is 15.6. The zero-order chi connectivity index (χ0) is 22.1. The molecule has 3 heterocycles. The van der Waals surface area contributed by atoms with Gasteiger partial charge in [-0.05, 0) is 72.7 Å². The molecule has 0 saturated carbocycles. The molecular formula is C26H29NO4S. The molecule has 6 heteroatoms. The number of ether oxygens (including phenoxy) is 2. The Kier molecular flexibility index (Phi) is 6.09. The molecule has 4 aromatic rings. The second-order valence-corrected chi connectivity index (χ2v) is 9.85. The fourth-order valence-electron chi connectivity index (χ4n) is 4.79. The van der Waals surface area contributed by atoms with Crippen LogP contribution in [0.15, 0.2) is 59.2 Å². The summed E-state index contributed by atoms with van der Waals surface area (Å²) in [5.41, 5.74) is 0.799. The number of β-amino-alcohol motifs (C(OH)–C–C–N with tert-alkyl or cyclic N) is 1. The van der Waals surface area contributed by atoms with E-state index in [1.54, 1.807) is 13.4 Å². The summed E-state index contributed by atoms with van der Waals surface area (Å²) in [5, 5.41) is 12.8. The average molecular weight is 452 g/mol. The third-order valence-electron chi connectivity index (χ3n) is 6.46. The molecule has 32 heavy (non-hydrogen) atoms. The molecular weight excluding hydrogens is 422 g/mol. The van der Waals surface area contributed by atoms with E-state index in [0.717, 1.165) is 42.0 Å². The summed E-state index contributed by atoms with van der Waals surface area (Å²) < 4.78 is 18.0. The third-order valence-corrected chi connectivity index (χ3v) is 7.69. The van der Waals surface area contributed by atoms with Crippen molar-refractivity contribution in [2.24, 2.45) is 5.92 Å². The Morgan fingerprint density at radius 2 is 2.12 bits per heavy atom. The largest absolute Gasteiger partial charge is 0.497 e. The summed E-state index contributed by atoms with van der Waals surface area (Å²) in [6, 6.07) is 16.3. The number of hydrogen-bond acceptors (Lipinski definition) is 6. The van der Waals surface area contributed by atoms with Gasteiger partial charge in [0.25, 0.3) is 0 Å². The van der Waals surface area contributed by atoms with Crippen molar-refractivity contribution in [2.75, 3.05) is 33.4 Å². The van der Waals surface area contributed by atoms with Crippen LogP contribution >= 0.6 is 11.3 Å². The van der Waals surface area contributed by atoms with Gasteiger partial charge in [-0.15, -0.1) is 11.3 Å². The fraction of sp³-hybridized carbons (Fsp3) is 0.385. The molecule has 5 nitrogen and oxygen atoms in total. The Labute approximate surface area is 192 Å². The van der Waals surface area contributed by atoms with E-state index in [9.17, 15) is 5.11 Å². The number of aliphatic hydroxyl groups excluding tert-OH is 1. The predicted molar refractivity (Wildman–Crippen MR) is 129 cm³/mol. The molecule has 1 N–H and O–H groups in total. The molecule has 1 aliphatic heterocycles. The second-order valence-electron chi connectivity index (χ2n) is 8.74. The van der Waals surface area contributed by atoms with Gasteiger partial charge in [-0.2, -0.15) is 0 Å². The normalized spacial score (nSPS) is 20.6.